The third-order valence-corrected chi connectivity index (χ3v) is 10.2. The number of phenolic OH excluding ortho intramolecular Hbond substituents is 1. The largest absolute Gasteiger partial charge is 0.507 e. The van der Waals surface area contributed by atoms with Crippen molar-refractivity contribution in [2.75, 3.05) is 0 Å². The van der Waals surface area contributed by atoms with Crippen molar-refractivity contribution in [3.63, 3.8) is 0 Å². The Morgan fingerprint density at radius 3 is 2.12 bits per heavy atom. The first-order valence-electron chi connectivity index (χ1n) is 14.7. The quantitative estimate of drug-likeness (QED) is 0.207. The first-order valence-corrected chi connectivity index (χ1v) is 18.2. The third kappa shape index (κ3) is 5.51. The van der Waals surface area contributed by atoms with Gasteiger partial charge in [0.1, 0.15) is 17.1 Å². The molecular weight excluding hydrogens is 545 g/mol. The molecule has 3 aromatic carbocycles. The molecule has 0 radical (unpaired) electrons. The van der Waals surface area contributed by atoms with Gasteiger partial charge in [-0.2, -0.15) is 0 Å². The predicted octanol–water partition coefficient (Wildman–Crippen LogP) is 8.58. The number of aromatic nitrogens is 4. The fourth-order valence-electron chi connectivity index (χ4n) is 5.47. The lowest BCUT2D eigenvalue weighted by Gasteiger charge is -2.20. The highest BCUT2D eigenvalue weighted by atomic mass is 28.3. The highest BCUT2D eigenvalue weighted by Crippen LogP contribution is 2.38. The van der Waals surface area contributed by atoms with Crippen LogP contribution in [-0.2, 0) is 12.5 Å². The minimum atomic E-state index is -1.46. The number of hydrogen-bond donors (Lipinski definition) is 1. The Kier molecular flexibility index (Phi) is 7.05. The van der Waals surface area contributed by atoms with Crippen molar-refractivity contribution in [1.29, 1.82) is 0 Å². The normalized spacial score (nSPS) is 12.2. The molecule has 6 rings (SSSR count). The van der Waals surface area contributed by atoms with E-state index in [1.54, 1.807) is 6.07 Å². The molecule has 0 aliphatic heterocycles. The van der Waals surface area contributed by atoms with E-state index in [4.69, 9.17) is 15.0 Å². The van der Waals surface area contributed by atoms with Crippen molar-refractivity contribution in [2.45, 2.75) is 45.8 Å². The zero-order chi connectivity index (χ0) is 30.5. The van der Waals surface area contributed by atoms with E-state index in [1.165, 1.54) is 5.19 Å². The standard InChI is InChI=1S/C37H38N4OSi/c1-37(2,3)28-13-16-33(42)31(22-28)35-40-34-30(17-18-38-36(34)41(35)4)26-19-25(24-11-9-8-10-12-24)20-27(21-26)32-15-14-29(23-39-32)43(5,6)7/h8-23,42H,1-7H3. The van der Waals surface area contributed by atoms with Crippen molar-refractivity contribution < 1.29 is 5.11 Å². The number of phenols is 1. The fraction of sp³-hybridized carbons (Fsp3) is 0.216. The number of imidazole rings is 1. The Hall–Kier alpha value is -4.55. The zero-order valence-electron chi connectivity index (χ0n) is 26.0. The number of hydrogen-bond acceptors (Lipinski definition) is 4. The van der Waals surface area contributed by atoms with E-state index >= 15 is 0 Å². The van der Waals surface area contributed by atoms with Gasteiger partial charge >= 0.3 is 0 Å². The monoisotopic (exact) mass is 582 g/mol. The molecular formula is C37H38N4OSi. The van der Waals surface area contributed by atoms with E-state index in [2.05, 4.69) is 95.0 Å². The van der Waals surface area contributed by atoms with E-state index in [0.717, 1.165) is 50.2 Å². The van der Waals surface area contributed by atoms with Crippen molar-refractivity contribution >= 4 is 24.4 Å². The van der Waals surface area contributed by atoms with Gasteiger partial charge < -0.3 is 9.67 Å². The number of nitrogens with zero attached hydrogens (tertiary/aromatic N) is 4. The van der Waals surface area contributed by atoms with Gasteiger partial charge in [-0.05, 0) is 75.3 Å². The van der Waals surface area contributed by atoms with Crippen LogP contribution in [0.3, 0.4) is 0 Å². The van der Waals surface area contributed by atoms with Crippen molar-refractivity contribution in [2.24, 2.45) is 7.05 Å². The van der Waals surface area contributed by atoms with Gasteiger partial charge in [-0.3, -0.25) is 4.98 Å². The lowest BCUT2D eigenvalue weighted by Crippen LogP contribution is -2.37. The zero-order valence-corrected chi connectivity index (χ0v) is 27.0. The summed E-state index contributed by atoms with van der Waals surface area (Å²) >= 11 is 0. The van der Waals surface area contributed by atoms with Crippen LogP contribution in [0, 0.1) is 0 Å². The SMILES string of the molecule is Cn1c(-c2cc(C(C)(C)C)ccc2O)nc2c(-c3cc(-c4ccccc4)cc(-c4ccc([Si](C)(C)C)cn4)c3)ccnc21. The number of aromatic hydroxyl groups is 1. The number of aryl methyl sites for hydroxylation is 1. The second kappa shape index (κ2) is 10.6. The summed E-state index contributed by atoms with van der Waals surface area (Å²) in [6.45, 7) is 13.5. The van der Waals surface area contributed by atoms with E-state index in [9.17, 15) is 5.11 Å². The minimum absolute atomic E-state index is 0.0635. The maximum absolute atomic E-state index is 10.9. The molecule has 0 aliphatic rings. The van der Waals surface area contributed by atoms with Crippen molar-refractivity contribution in [3.05, 3.63) is 103 Å². The van der Waals surface area contributed by atoms with Crippen LogP contribution < -0.4 is 5.19 Å². The summed E-state index contributed by atoms with van der Waals surface area (Å²) in [4.78, 5) is 14.8. The first-order chi connectivity index (χ1) is 20.4. The average molecular weight is 583 g/mol. The van der Waals surface area contributed by atoms with Crippen molar-refractivity contribution in [1.82, 2.24) is 19.5 Å². The van der Waals surface area contributed by atoms with Crippen LogP contribution in [0.15, 0.2) is 97.3 Å². The molecule has 3 aromatic heterocycles. The lowest BCUT2D eigenvalue weighted by molar-refractivity contribution is 0.475. The molecule has 43 heavy (non-hydrogen) atoms. The summed E-state index contributed by atoms with van der Waals surface area (Å²) in [5.41, 5.74) is 9.58. The van der Waals surface area contributed by atoms with Gasteiger partial charge in [0.2, 0.25) is 0 Å². The van der Waals surface area contributed by atoms with Crippen LogP contribution in [0.1, 0.15) is 26.3 Å². The molecule has 3 heterocycles. The fourth-order valence-corrected chi connectivity index (χ4v) is 6.51. The molecule has 0 spiro atoms. The molecule has 0 bridgehead atoms. The van der Waals surface area contributed by atoms with Crippen LogP contribution in [0.2, 0.25) is 19.6 Å². The van der Waals surface area contributed by atoms with E-state index in [1.807, 2.05) is 48.3 Å². The molecule has 216 valence electrons. The second-order valence-corrected chi connectivity index (χ2v) is 18.4. The third-order valence-electron chi connectivity index (χ3n) is 8.14. The average Bonchev–Trinajstić information content (AvgIpc) is 3.32. The van der Waals surface area contributed by atoms with E-state index < -0.39 is 8.07 Å². The van der Waals surface area contributed by atoms with Gasteiger partial charge in [0.15, 0.2) is 5.65 Å². The topological polar surface area (TPSA) is 63.8 Å². The number of rotatable bonds is 5. The van der Waals surface area contributed by atoms with Crippen LogP contribution in [0.4, 0.5) is 0 Å². The lowest BCUT2D eigenvalue weighted by atomic mass is 9.86. The second-order valence-electron chi connectivity index (χ2n) is 13.4. The molecule has 0 amide bonds. The molecule has 5 nitrogen and oxygen atoms in total. The summed E-state index contributed by atoms with van der Waals surface area (Å²) in [5.74, 6) is 0.885. The van der Waals surface area contributed by atoms with E-state index in [0.29, 0.717) is 11.4 Å². The molecule has 0 unspecified atom stereocenters. The number of pyridine rings is 2. The first kappa shape index (κ1) is 28.6. The molecule has 6 aromatic rings. The maximum atomic E-state index is 10.9. The predicted molar refractivity (Wildman–Crippen MR) is 181 cm³/mol. The summed E-state index contributed by atoms with van der Waals surface area (Å²) in [6, 6.07) is 29.3. The Labute approximate surface area is 255 Å². The highest BCUT2D eigenvalue weighted by molar-refractivity contribution is 6.88. The maximum Gasteiger partial charge on any atom is 0.160 e. The molecule has 0 saturated heterocycles. The van der Waals surface area contributed by atoms with Crippen LogP contribution in [0.25, 0.3) is 56.1 Å². The molecule has 0 fully saturated rings. The minimum Gasteiger partial charge on any atom is -0.507 e. The van der Waals surface area contributed by atoms with Crippen LogP contribution in [-0.4, -0.2) is 32.7 Å². The van der Waals surface area contributed by atoms with Gasteiger partial charge in [0.25, 0.3) is 0 Å². The Bertz CT molecular complexity index is 1950. The van der Waals surface area contributed by atoms with Crippen LogP contribution >= 0.6 is 0 Å². The molecule has 0 aliphatic carbocycles. The van der Waals surface area contributed by atoms with Gasteiger partial charge in [0, 0.05) is 30.6 Å². The molecule has 0 saturated carbocycles. The van der Waals surface area contributed by atoms with Crippen LogP contribution in [0.5, 0.6) is 5.75 Å². The van der Waals surface area contributed by atoms with Crippen molar-refractivity contribution in [3.8, 4) is 50.6 Å². The van der Waals surface area contributed by atoms with Gasteiger partial charge in [-0.1, -0.05) is 82.9 Å². The summed E-state index contributed by atoms with van der Waals surface area (Å²) in [6.07, 6.45) is 3.88. The van der Waals surface area contributed by atoms with E-state index in [-0.39, 0.29) is 11.2 Å². The number of benzene rings is 3. The van der Waals surface area contributed by atoms with Gasteiger partial charge in [-0.25, -0.2) is 9.97 Å². The Balaban J connectivity index is 1.55. The summed E-state index contributed by atoms with van der Waals surface area (Å²) in [5, 5.41) is 12.2. The molecule has 1 N–H and O–H groups in total. The smallest absolute Gasteiger partial charge is 0.160 e. The molecule has 0 atom stereocenters. The van der Waals surface area contributed by atoms with Gasteiger partial charge in [-0.15, -0.1) is 0 Å². The highest BCUT2D eigenvalue weighted by Gasteiger charge is 2.22. The number of fused-ring (bicyclic) bond motifs is 1. The summed E-state index contributed by atoms with van der Waals surface area (Å²) < 4.78 is 1.97. The Morgan fingerprint density at radius 1 is 0.721 bits per heavy atom. The van der Waals surface area contributed by atoms with Gasteiger partial charge in [0.05, 0.1) is 19.3 Å². The molecule has 6 heteroatoms. The Morgan fingerprint density at radius 2 is 1.44 bits per heavy atom. The summed E-state index contributed by atoms with van der Waals surface area (Å²) in [7, 11) is 0.497.